The van der Waals surface area contributed by atoms with Gasteiger partial charge in [-0.05, 0) is 46.8 Å². The van der Waals surface area contributed by atoms with E-state index in [-0.39, 0.29) is 17.4 Å². The number of rotatable bonds is 5. The molecule has 0 saturated carbocycles. The first kappa shape index (κ1) is 16.5. The Kier molecular flexibility index (Phi) is 5.83. The number of halogens is 2. The van der Waals surface area contributed by atoms with Gasteiger partial charge in [-0.3, -0.25) is 4.79 Å². The summed E-state index contributed by atoms with van der Waals surface area (Å²) in [6, 6.07) is 5.24. The molecule has 2 N–H and O–H groups in total. The van der Waals surface area contributed by atoms with Crippen LogP contribution in [0.4, 0.5) is 0 Å². The molecule has 106 valence electrons. The third-order valence-electron chi connectivity index (χ3n) is 2.77. The van der Waals surface area contributed by atoms with Crippen molar-refractivity contribution in [3.63, 3.8) is 0 Å². The Morgan fingerprint density at radius 2 is 2.16 bits per heavy atom. The van der Waals surface area contributed by atoms with E-state index in [4.69, 9.17) is 11.6 Å². The normalized spacial score (nSPS) is 13.2. The van der Waals surface area contributed by atoms with E-state index in [1.165, 1.54) is 0 Å². The predicted octanol–water partition coefficient (Wildman–Crippen LogP) is 3.63. The standard InChI is InChI=1S/C14H19BrClNO2/c1-9(18)7-14(2,3)8-17-13(19)10-5-4-6-11(15)12(10)16/h4-6,9,18H,7-8H2,1-3H3,(H,17,19). The fourth-order valence-electron chi connectivity index (χ4n) is 1.97. The van der Waals surface area contributed by atoms with Gasteiger partial charge in [-0.15, -0.1) is 0 Å². The van der Waals surface area contributed by atoms with Crippen molar-refractivity contribution < 1.29 is 9.90 Å². The van der Waals surface area contributed by atoms with Gasteiger partial charge in [0.25, 0.3) is 5.91 Å². The third-order valence-corrected chi connectivity index (χ3v) is 4.07. The van der Waals surface area contributed by atoms with Crippen molar-refractivity contribution in [1.82, 2.24) is 5.32 Å². The van der Waals surface area contributed by atoms with Crippen LogP contribution in [0.15, 0.2) is 22.7 Å². The Bertz CT molecular complexity index is 461. The van der Waals surface area contributed by atoms with Crippen LogP contribution >= 0.6 is 27.5 Å². The lowest BCUT2D eigenvalue weighted by molar-refractivity contribution is 0.0902. The lowest BCUT2D eigenvalue weighted by Crippen LogP contribution is -2.35. The summed E-state index contributed by atoms with van der Waals surface area (Å²) in [7, 11) is 0. The molecule has 1 unspecified atom stereocenters. The Hall–Kier alpha value is -0.580. The number of carbonyl (C=O) groups excluding carboxylic acids is 1. The highest BCUT2D eigenvalue weighted by molar-refractivity contribution is 9.10. The van der Waals surface area contributed by atoms with E-state index < -0.39 is 0 Å². The molecule has 1 atom stereocenters. The van der Waals surface area contributed by atoms with Crippen LogP contribution in [0.2, 0.25) is 5.02 Å². The highest BCUT2D eigenvalue weighted by Gasteiger charge is 2.22. The molecule has 0 radical (unpaired) electrons. The number of nitrogens with one attached hydrogen (secondary N) is 1. The van der Waals surface area contributed by atoms with Gasteiger partial charge in [-0.1, -0.05) is 31.5 Å². The summed E-state index contributed by atoms with van der Waals surface area (Å²) in [6.07, 6.45) is 0.237. The maximum atomic E-state index is 12.1. The van der Waals surface area contributed by atoms with Gasteiger partial charge in [0.2, 0.25) is 0 Å². The second kappa shape index (κ2) is 6.73. The van der Waals surface area contributed by atoms with Crippen molar-refractivity contribution in [3.05, 3.63) is 33.3 Å². The highest BCUT2D eigenvalue weighted by atomic mass is 79.9. The first-order chi connectivity index (χ1) is 8.73. The van der Waals surface area contributed by atoms with Crippen molar-refractivity contribution >= 4 is 33.4 Å². The van der Waals surface area contributed by atoms with E-state index in [0.717, 1.165) is 0 Å². The Labute approximate surface area is 127 Å². The Morgan fingerprint density at radius 3 is 2.74 bits per heavy atom. The molecule has 1 amide bonds. The van der Waals surface area contributed by atoms with Crippen LogP contribution in [-0.2, 0) is 0 Å². The molecule has 0 aromatic heterocycles. The van der Waals surface area contributed by atoms with E-state index >= 15 is 0 Å². The minimum atomic E-state index is -0.388. The first-order valence-corrected chi connectivity index (χ1v) is 7.30. The van der Waals surface area contributed by atoms with Gasteiger partial charge in [0.1, 0.15) is 0 Å². The molecule has 0 aliphatic carbocycles. The largest absolute Gasteiger partial charge is 0.393 e. The average Bonchev–Trinajstić information content (AvgIpc) is 2.28. The SMILES string of the molecule is CC(O)CC(C)(C)CNC(=O)c1cccc(Br)c1Cl. The number of aliphatic hydroxyl groups is 1. The molecule has 1 rings (SSSR count). The molecular formula is C14H19BrClNO2. The monoisotopic (exact) mass is 347 g/mol. The molecule has 0 fully saturated rings. The molecule has 3 nitrogen and oxygen atoms in total. The molecule has 0 aliphatic heterocycles. The number of hydrogen-bond donors (Lipinski definition) is 2. The number of hydrogen-bond acceptors (Lipinski definition) is 2. The Balaban J connectivity index is 2.68. The van der Waals surface area contributed by atoms with Crippen molar-refractivity contribution in [2.24, 2.45) is 5.41 Å². The maximum Gasteiger partial charge on any atom is 0.252 e. The van der Waals surface area contributed by atoms with E-state index in [1.54, 1.807) is 25.1 Å². The van der Waals surface area contributed by atoms with Gasteiger partial charge in [-0.25, -0.2) is 0 Å². The topological polar surface area (TPSA) is 49.3 Å². The molecule has 1 aromatic rings. The zero-order chi connectivity index (χ0) is 14.6. The summed E-state index contributed by atoms with van der Waals surface area (Å²) < 4.78 is 0.699. The number of aliphatic hydroxyl groups excluding tert-OH is 1. The summed E-state index contributed by atoms with van der Waals surface area (Å²) in [6.45, 7) is 6.24. The summed E-state index contributed by atoms with van der Waals surface area (Å²) in [5, 5.41) is 12.7. The van der Waals surface area contributed by atoms with Gasteiger partial charge < -0.3 is 10.4 Å². The minimum Gasteiger partial charge on any atom is -0.393 e. The first-order valence-electron chi connectivity index (χ1n) is 6.13. The second-order valence-corrected chi connectivity index (χ2v) is 6.73. The molecule has 0 bridgehead atoms. The van der Waals surface area contributed by atoms with Crippen LogP contribution in [-0.4, -0.2) is 23.7 Å². The average molecular weight is 349 g/mol. The molecule has 0 heterocycles. The number of benzene rings is 1. The maximum absolute atomic E-state index is 12.1. The quantitative estimate of drug-likeness (QED) is 0.853. The number of amides is 1. The summed E-state index contributed by atoms with van der Waals surface area (Å²) >= 11 is 9.37. The van der Waals surface area contributed by atoms with Gasteiger partial charge in [-0.2, -0.15) is 0 Å². The van der Waals surface area contributed by atoms with Gasteiger partial charge in [0.05, 0.1) is 16.7 Å². The van der Waals surface area contributed by atoms with Crippen molar-refractivity contribution in [3.8, 4) is 0 Å². The van der Waals surface area contributed by atoms with Crippen LogP contribution < -0.4 is 5.32 Å². The fourth-order valence-corrected chi connectivity index (χ4v) is 2.54. The molecule has 1 aromatic carbocycles. The fraction of sp³-hybridized carbons (Fsp3) is 0.500. The molecule has 19 heavy (non-hydrogen) atoms. The minimum absolute atomic E-state index is 0.164. The van der Waals surface area contributed by atoms with Gasteiger partial charge in [0.15, 0.2) is 0 Å². The zero-order valence-corrected chi connectivity index (χ0v) is 13.7. The molecule has 0 saturated heterocycles. The lowest BCUT2D eigenvalue weighted by atomic mass is 9.87. The Morgan fingerprint density at radius 1 is 1.53 bits per heavy atom. The summed E-state index contributed by atoms with van der Waals surface area (Å²) in [5.74, 6) is -0.204. The van der Waals surface area contributed by atoms with Crippen LogP contribution in [0.5, 0.6) is 0 Å². The molecule has 0 aliphatic rings. The van der Waals surface area contributed by atoms with Crippen LogP contribution in [0.1, 0.15) is 37.6 Å². The smallest absolute Gasteiger partial charge is 0.252 e. The summed E-state index contributed by atoms with van der Waals surface area (Å²) in [5.41, 5.74) is 0.284. The molecule has 0 spiro atoms. The van der Waals surface area contributed by atoms with E-state index in [1.807, 2.05) is 13.8 Å². The van der Waals surface area contributed by atoms with Gasteiger partial charge >= 0.3 is 0 Å². The van der Waals surface area contributed by atoms with Crippen LogP contribution in [0, 0.1) is 5.41 Å². The van der Waals surface area contributed by atoms with E-state index in [9.17, 15) is 9.90 Å². The van der Waals surface area contributed by atoms with Crippen LogP contribution in [0.25, 0.3) is 0 Å². The summed E-state index contributed by atoms with van der Waals surface area (Å²) in [4.78, 5) is 12.1. The van der Waals surface area contributed by atoms with E-state index in [2.05, 4.69) is 21.2 Å². The molecular weight excluding hydrogens is 330 g/mol. The van der Waals surface area contributed by atoms with Crippen molar-refractivity contribution in [1.29, 1.82) is 0 Å². The predicted molar refractivity (Wildman–Crippen MR) is 81.6 cm³/mol. The second-order valence-electron chi connectivity index (χ2n) is 5.50. The third kappa shape index (κ3) is 5.13. The molecule has 5 heteroatoms. The van der Waals surface area contributed by atoms with Gasteiger partial charge in [0, 0.05) is 11.0 Å². The number of carbonyl (C=O) groups is 1. The van der Waals surface area contributed by atoms with Crippen molar-refractivity contribution in [2.45, 2.75) is 33.3 Å². The lowest BCUT2D eigenvalue weighted by Gasteiger charge is -2.26. The van der Waals surface area contributed by atoms with Crippen molar-refractivity contribution in [2.75, 3.05) is 6.54 Å². The van der Waals surface area contributed by atoms with Crippen LogP contribution in [0.3, 0.4) is 0 Å². The van der Waals surface area contributed by atoms with E-state index in [0.29, 0.717) is 28.0 Å². The highest BCUT2D eigenvalue weighted by Crippen LogP contribution is 2.26. The zero-order valence-electron chi connectivity index (χ0n) is 11.3.